The number of halogens is 1. The number of pyridine rings is 1. The summed E-state index contributed by atoms with van der Waals surface area (Å²) in [4.78, 5) is 4.40. The largest absolute Gasteiger partial charge is 0.370 e. The minimum absolute atomic E-state index is 0.266. The fraction of sp³-hybridized carbons (Fsp3) is 0.263. The van der Waals surface area contributed by atoms with Crippen molar-refractivity contribution in [1.29, 1.82) is 0 Å². The molecule has 0 atom stereocenters. The van der Waals surface area contributed by atoms with Gasteiger partial charge in [-0.1, -0.05) is 18.2 Å². The lowest BCUT2D eigenvalue weighted by molar-refractivity contribution is 0.610. The van der Waals surface area contributed by atoms with E-state index in [9.17, 15) is 4.39 Å². The minimum atomic E-state index is -0.266. The molecule has 0 saturated carbocycles. The molecule has 5 heteroatoms. The topological polar surface area (TPSA) is 42.7 Å². The predicted octanol–water partition coefficient (Wildman–Crippen LogP) is 3.75. The Balaban J connectivity index is 1.81. The summed E-state index contributed by atoms with van der Waals surface area (Å²) in [5, 5.41) is 8.17. The lowest BCUT2D eigenvalue weighted by atomic mass is 10.1. The molecule has 3 aromatic rings. The van der Waals surface area contributed by atoms with Gasteiger partial charge in [-0.05, 0) is 43.5 Å². The van der Waals surface area contributed by atoms with Gasteiger partial charge >= 0.3 is 0 Å². The van der Waals surface area contributed by atoms with E-state index in [-0.39, 0.29) is 5.82 Å². The fourth-order valence-corrected chi connectivity index (χ4v) is 3.19. The van der Waals surface area contributed by atoms with Gasteiger partial charge in [-0.3, -0.25) is 4.98 Å². The summed E-state index contributed by atoms with van der Waals surface area (Å²) in [5.41, 5.74) is 3.61. The molecule has 0 aliphatic carbocycles. The first-order chi connectivity index (χ1) is 11.8. The van der Waals surface area contributed by atoms with Crippen molar-refractivity contribution in [3.63, 3.8) is 0 Å². The molecule has 122 valence electrons. The van der Waals surface area contributed by atoms with Crippen molar-refractivity contribution in [3.05, 3.63) is 71.4 Å². The lowest BCUT2D eigenvalue weighted by Crippen LogP contribution is -2.08. The fourth-order valence-electron chi connectivity index (χ4n) is 3.19. The highest BCUT2D eigenvalue weighted by Crippen LogP contribution is 2.29. The molecule has 1 N–H and O–H groups in total. The number of anilines is 1. The average Bonchev–Trinajstić information content (AvgIpc) is 2.79. The minimum Gasteiger partial charge on any atom is -0.370 e. The van der Waals surface area contributed by atoms with Gasteiger partial charge in [0.05, 0.1) is 5.69 Å². The lowest BCUT2D eigenvalue weighted by Gasteiger charge is -2.09. The summed E-state index contributed by atoms with van der Waals surface area (Å²) in [5.74, 6) is 0.654. The van der Waals surface area contributed by atoms with Gasteiger partial charge in [0.2, 0.25) is 0 Å². The maximum atomic E-state index is 14.3. The first-order valence-corrected chi connectivity index (χ1v) is 8.32. The Morgan fingerprint density at radius 3 is 2.79 bits per heavy atom. The number of para-hydroxylation sites is 1. The van der Waals surface area contributed by atoms with Gasteiger partial charge < -0.3 is 5.32 Å². The molecule has 4 rings (SSSR count). The Morgan fingerprint density at radius 1 is 1.08 bits per heavy atom. The highest BCUT2D eigenvalue weighted by molar-refractivity contribution is 5.55. The van der Waals surface area contributed by atoms with E-state index < -0.39 is 0 Å². The Labute approximate surface area is 140 Å². The SMILES string of the molecule is Fc1ccccc1-n1nc(Cc2ccccn2)c2c1NCCCC2. The van der Waals surface area contributed by atoms with Crippen molar-refractivity contribution >= 4 is 5.82 Å². The molecule has 4 nitrogen and oxygen atoms in total. The van der Waals surface area contributed by atoms with E-state index in [4.69, 9.17) is 5.10 Å². The van der Waals surface area contributed by atoms with Crippen LogP contribution in [0.2, 0.25) is 0 Å². The zero-order chi connectivity index (χ0) is 16.4. The Morgan fingerprint density at radius 2 is 1.96 bits per heavy atom. The van der Waals surface area contributed by atoms with Crippen LogP contribution in [0.3, 0.4) is 0 Å². The molecule has 3 heterocycles. The second-order valence-corrected chi connectivity index (χ2v) is 6.02. The summed E-state index contributed by atoms with van der Waals surface area (Å²) in [6.07, 6.45) is 5.62. The molecule has 0 bridgehead atoms. The number of nitrogens with zero attached hydrogens (tertiary/aromatic N) is 3. The maximum absolute atomic E-state index is 14.3. The molecule has 0 amide bonds. The zero-order valence-corrected chi connectivity index (χ0v) is 13.4. The van der Waals surface area contributed by atoms with E-state index in [2.05, 4.69) is 10.3 Å². The third-order valence-electron chi connectivity index (χ3n) is 4.37. The molecule has 24 heavy (non-hydrogen) atoms. The van der Waals surface area contributed by atoms with Crippen molar-refractivity contribution < 1.29 is 4.39 Å². The first kappa shape index (κ1) is 14.9. The number of hydrogen-bond donors (Lipinski definition) is 1. The van der Waals surface area contributed by atoms with Crippen LogP contribution in [0, 0.1) is 5.82 Å². The van der Waals surface area contributed by atoms with Crippen molar-refractivity contribution in [3.8, 4) is 5.69 Å². The van der Waals surface area contributed by atoms with Crippen LogP contribution in [0.4, 0.5) is 10.2 Å². The second-order valence-electron chi connectivity index (χ2n) is 6.02. The van der Waals surface area contributed by atoms with Gasteiger partial charge in [-0.2, -0.15) is 5.10 Å². The smallest absolute Gasteiger partial charge is 0.148 e. The van der Waals surface area contributed by atoms with Gasteiger partial charge in [-0.25, -0.2) is 9.07 Å². The quantitative estimate of drug-likeness (QED) is 0.799. The summed E-state index contributed by atoms with van der Waals surface area (Å²) >= 11 is 0. The molecular formula is C19H19FN4. The van der Waals surface area contributed by atoms with E-state index in [1.165, 1.54) is 11.6 Å². The van der Waals surface area contributed by atoms with E-state index in [1.807, 2.05) is 24.3 Å². The van der Waals surface area contributed by atoms with E-state index >= 15 is 0 Å². The van der Waals surface area contributed by atoms with Crippen LogP contribution in [-0.2, 0) is 12.8 Å². The standard InChI is InChI=1S/C19H19FN4/c20-16-9-1-2-10-18(16)24-19-15(8-4-6-12-22-19)17(23-24)13-14-7-3-5-11-21-14/h1-3,5,7,9-11,22H,4,6,8,12-13H2. The summed E-state index contributed by atoms with van der Waals surface area (Å²) in [7, 11) is 0. The Hall–Kier alpha value is -2.69. The van der Waals surface area contributed by atoms with Gasteiger partial charge in [-0.15, -0.1) is 0 Å². The van der Waals surface area contributed by atoms with Gasteiger partial charge in [0.1, 0.15) is 17.3 Å². The number of fused-ring (bicyclic) bond motifs is 1. The highest BCUT2D eigenvalue weighted by Gasteiger charge is 2.22. The van der Waals surface area contributed by atoms with Crippen LogP contribution in [-0.4, -0.2) is 21.3 Å². The first-order valence-electron chi connectivity index (χ1n) is 8.32. The number of hydrogen-bond acceptors (Lipinski definition) is 3. The van der Waals surface area contributed by atoms with Crippen LogP contribution < -0.4 is 5.32 Å². The molecule has 0 saturated heterocycles. The molecule has 1 aromatic carbocycles. The van der Waals surface area contributed by atoms with Crippen LogP contribution >= 0.6 is 0 Å². The molecule has 1 aliphatic rings. The third-order valence-corrected chi connectivity index (χ3v) is 4.37. The highest BCUT2D eigenvalue weighted by atomic mass is 19.1. The molecule has 0 fully saturated rings. The third kappa shape index (κ3) is 2.77. The summed E-state index contributed by atoms with van der Waals surface area (Å²) in [6, 6.07) is 12.7. The van der Waals surface area contributed by atoms with Crippen molar-refractivity contribution in [2.75, 3.05) is 11.9 Å². The van der Waals surface area contributed by atoms with E-state index in [0.717, 1.165) is 43.0 Å². The Kier molecular flexibility index (Phi) is 3.99. The van der Waals surface area contributed by atoms with E-state index in [1.54, 1.807) is 23.0 Å². The summed E-state index contributed by atoms with van der Waals surface area (Å²) in [6.45, 7) is 0.885. The van der Waals surface area contributed by atoms with Crippen molar-refractivity contribution in [1.82, 2.24) is 14.8 Å². The second kappa shape index (κ2) is 6.43. The average molecular weight is 322 g/mol. The monoisotopic (exact) mass is 322 g/mol. The molecule has 1 aliphatic heterocycles. The van der Waals surface area contributed by atoms with Crippen LogP contribution in [0.15, 0.2) is 48.7 Å². The Bertz CT molecular complexity index is 842. The van der Waals surface area contributed by atoms with Crippen LogP contribution in [0.25, 0.3) is 5.69 Å². The maximum Gasteiger partial charge on any atom is 0.148 e. The number of benzene rings is 1. The van der Waals surface area contributed by atoms with Crippen molar-refractivity contribution in [2.45, 2.75) is 25.7 Å². The van der Waals surface area contributed by atoms with Gasteiger partial charge in [0.25, 0.3) is 0 Å². The zero-order valence-electron chi connectivity index (χ0n) is 13.4. The van der Waals surface area contributed by atoms with Crippen LogP contribution in [0.1, 0.15) is 29.8 Å². The molecule has 0 spiro atoms. The predicted molar refractivity (Wildman–Crippen MR) is 92.0 cm³/mol. The van der Waals surface area contributed by atoms with Crippen LogP contribution in [0.5, 0.6) is 0 Å². The molecule has 2 aromatic heterocycles. The van der Waals surface area contributed by atoms with Gasteiger partial charge in [0.15, 0.2) is 0 Å². The normalized spacial score (nSPS) is 13.9. The van der Waals surface area contributed by atoms with Crippen molar-refractivity contribution in [2.24, 2.45) is 0 Å². The number of aromatic nitrogens is 3. The molecule has 0 radical (unpaired) electrons. The molecule has 0 unspecified atom stereocenters. The summed E-state index contributed by atoms with van der Waals surface area (Å²) < 4.78 is 16.0. The molecular weight excluding hydrogens is 303 g/mol. The number of nitrogens with one attached hydrogen (secondary N) is 1. The number of rotatable bonds is 3. The van der Waals surface area contributed by atoms with E-state index in [0.29, 0.717) is 12.1 Å². The van der Waals surface area contributed by atoms with Gasteiger partial charge in [0, 0.05) is 30.4 Å².